The van der Waals surface area contributed by atoms with Crippen LogP contribution in [0.1, 0.15) is 27.7 Å². The van der Waals surface area contributed by atoms with E-state index in [0.717, 1.165) is 27.7 Å². The first-order chi connectivity index (χ1) is 6.93. The van der Waals surface area contributed by atoms with Gasteiger partial charge in [0.1, 0.15) is 0 Å². The number of carbonyl (C=O) groups excluding carboxylic acids is 4. The van der Waals surface area contributed by atoms with Crippen LogP contribution in [0.3, 0.4) is 0 Å². The van der Waals surface area contributed by atoms with Crippen molar-refractivity contribution in [3.63, 3.8) is 0 Å². The van der Waals surface area contributed by atoms with Crippen molar-refractivity contribution in [3.05, 3.63) is 0 Å². The van der Waals surface area contributed by atoms with Crippen LogP contribution in [-0.2, 0) is 39.0 Å². The second-order valence-electron chi connectivity index (χ2n) is 1.97. The Hall–Kier alpha value is -1.48. The Bertz CT molecular complexity index is 162. The Labute approximate surface area is 111 Å². The van der Waals surface area contributed by atoms with E-state index in [9.17, 15) is 0 Å². The summed E-state index contributed by atoms with van der Waals surface area (Å²) in [5.74, 6) is -4.33. The molecule has 0 bridgehead atoms. The summed E-state index contributed by atoms with van der Waals surface area (Å²) in [6.07, 6.45) is 0. The molecule has 0 aromatic heterocycles. The fourth-order valence-electron chi connectivity index (χ4n) is 0. The zero-order valence-electron chi connectivity index (χ0n) is 9.62. The summed E-state index contributed by atoms with van der Waals surface area (Å²) < 4.78 is 0. The number of carbonyl (C=O) groups is 4. The van der Waals surface area contributed by atoms with Crippen molar-refractivity contribution in [2.45, 2.75) is 27.7 Å². The summed E-state index contributed by atoms with van der Waals surface area (Å²) >= 11 is 0. The van der Waals surface area contributed by atoms with Crippen LogP contribution in [0.2, 0.25) is 0 Å². The van der Waals surface area contributed by atoms with Crippen LogP contribution in [0.25, 0.3) is 0 Å². The maximum absolute atomic E-state index is 8.89. The molecule has 17 heavy (non-hydrogen) atoms. The molecule has 0 heterocycles. The Morgan fingerprint density at radius 1 is 0.529 bits per heavy atom. The molecule has 9 heteroatoms. The molecule has 100 valence electrons. The summed E-state index contributed by atoms with van der Waals surface area (Å²) in [7, 11) is 0. The SMILES string of the molecule is CC(=O)[O-].CC(=O)[O-].CC(=O)[O-].CC(=O)[O-].[Os+4]. The van der Waals surface area contributed by atoms with E-state index in [0.29, 0.717) is 0 Å². The number of carboxylic acid groups (broad SMARTS) is 4. The minimum Gasteiger partial charge on any atom is -0.550 e. The van der Waals surface area contributed by atoms with Crippen molar-refractivity contribution in [1.29, 1.82) is 0 Å². The molecule has 0 radical (unpaired) electrons. The third-order valence-corrected chi connectivity index (χ3v) is 0. The van der Waals surface area contributed by atoms with Crippen LogP contribution >= 0.6 is 0 Å². The summed E-state index contributed by atoms with van der Waals surface area (Å²) in [4.78, 5) is 35.6. The molecule has 0 aliphatic rings. The molecule has 8 nitrogen and oxygen atoms in total. The Morgan fingerprint density at radius 2 is 0.529 bits per heavy atom. The number of hydrogen-bond donors (Lipinski definition) is 0. The van der Waals surface area contributed by atoms with Crippen LogP contribution in [0.5, 0.6) is 0 Å². The molecule has 0 unspecified atom stereocenters. The Balaban J connectivity index is -0.0000000369. The average Bonchev–Trinajstić information content (AvgIpc) is 1.76. The topological polar surface area (TPSA) is 161 Å². The van der Waals surface area contributed by atoms with E-state index >= 15 is 0 Å². The molecule has 0 N–H and O–H groups in total. The van der Waals surface area contributed by atoms with Gasteiger partial charge in [-0.2, -0.15) is 0 Å². The van der Waals surface area contributed by atoms with E-state index in [2.05, 4.69) is 0 Å². The van der Waals surface area contributed by atoms with Crippen molar-refractivity contribution < 1.29 is 59.4 Å². The van der Waals surface area contributed by atoms with Crippen LogP contribution in [0.4, 0.5) is 0 Å². The molecular formula is C8H12O8Os. The predicted octanol–water partition coefficient (Wildman–Crippen LogP) is -4.98. The van der Waals surface area contributed by atoms with Gasteiger partial charge in [-0.3, -0.25) is 0 Å². The molecule has 0 aliphatic carbocycles. The first kappa shape index (κ1) is 29.6. The standard InChI is InChI=1S/4C2H4O2.Os/c4*1-2(3)4;/h4*1H3,(H,3,4);/q;;;;+4/p-4. The third-order valence-electron chi connectivity index (χ3n) is 0. The smallest absolute Gasteiger partial charge is 0.550 e. The van der Waals surface area contributed by atoms with Gasteiger partial charge < -0.3 is 39.6 Å². The zero-order valence-corrected chi connectivity index (χ0v) is 12.2. The van der Waals surface area contributed by atoms with E-state index in [1.807, 2.05) is 0 Å². The third kappa shape index (κ3) is 1030. The van der Waals surface area contributed by atoms with E-state index in [-0.39, 0.29) is 19.8 Å². The fourth-order valence-corrected chi connectivity index (χ4v) is 0. The van der Waals surface area contributed by atoms with Gasteiger partial charge >= 0.3 is 19.8 Å². The van der Waals surface area contributed by atoms with Crippen molar-refractivity contribution >= 4 is 23.9 Å². The maximum atomic E-state index is 8.89. The monoisotopic (exact) mass is 428 g/mol. The number of hydrogen-bond acceptors (Lipinski definition) is 8. The van der Waals surface area contributed by atoms with Gasteiger partial charge in [-0.1, -0.05) is 0 Å². The summed E-state index contributed by atoms with van der Waals surface area (Å²) in [6.45, 7) is 3.89. The van der Waals surface area contributed by atoms with Crippen molar-refractivity contribution in [2.75, 3.05) is 0 Å². The molecular weight excluding hydrogens is 414 g/mol. The Morgan fingerprint density at radius 3 is 0.529 bits per heavy atom. The van der Waals surface area contributed by atoms with Crippen molar-refractivity contribution in [2.24, 2.45) is 0 Å². The van der Waals surface area contributed by atoms with E-state index in [1.54, 1.807) is 0 Å². The minimum atomic E-state index is -1.08. The van der Waals surface area contributed by atoms with Crippen molar-refractivity contribution in [1.82, 2.24) is 0 Å². The van der Waals surface area contributed by atoms with Gasteiger partial charge in [-0.25, -0.2) is 0 Å². The molecule has 0 atom stereocenters. The Kier molecular flexibility index (Phi) is 41.7. The number of rotatable bonds is 0. The van der Waals surface area contributed by atoms with E-state index < -0.39 is 23.9 Å². The van der Waals surface area contributed by atoms with Gasteiger partial charge in [0.15, 0.2) is 0 Å². The predicted molar refractivity (Wildman–Crippen MR) is 42.7 cm³/mol. The molecule has 0 saturated carbocycles. The van der Waals surface area contributed by atoms with Gasteiger partial charge in [0.25, 0.3) is 0 Å². The second kappa shape index (κ2) is 24.0. The van der Waals surface area contributed by atoms with Crippen LogP contribution in [-0.4, -0.2) is 23.9 Å². The molecule has 0 aromatic rings. The van der Waals surface area contributed by atoms with Gasteiger partial charge in [0.05, 0.1) is 0 Å². The summed E-state index contributed by atoms with van der Waals surface area (Å²) in [5.41, 5.74) is 0. The van der Waals surface area contributed by atoms with Gasteiger partial charge in [0.2, 0.25) is 0 Å². The first-order valence-corrected chi connectivity index (χ1v) is 3.63. The van der Waals surface area contributed by atoms with E-state index in [4.69, 9.17) is 39.6 Å². The number of carboxylic acids is 4. The normalized spacial score (nSPS) is 5.88. The molecule has 0 saturated heterocycles. The second-order valence-corrected chi connectivity index (χ2v) is 1.97. The minimum absolute atomic E-state index is 0. The summed E-state index contributed by atoms with van der Waals surface area (Å²) in [6, 6.07) is 0. The zero-order chi connectivity index (χ0) is 14.3. The van der Waals surface area contributed by atoms with Crippen LogP contribution < -0.4 is 20.4 Å². The molecule has 0 amide bonds. The molecule has 0 spiro atoms. The molecule has 0 fully saturated rings. The number of aliphatic carboxylic acids is 4. The average molecular weight is 426 g/mol. The first-order valence-electron chi connectivity index (χ1n) is 3.63. The van der Waals surface area contributed by atoms with E-state index in [1.165, 1.54) is 0 Å². The fraction of sp³-hybridized carbons (Fsp3) is 0.500. The van der Waals surface area contributed by atoms with Gasteiger partial charge in [-0.15, -0.1) is 0 Å². The van der Waals surface area contributed by atoms with Crippen LogP contribution in [0, 0.1) is 0 Å². The van der Waals surface area contributed by atoms with Gasteiger partial charge in [-0.05, 0) is 27.7 Å². The van der Waals surface area contributed by atoms with Crippen LogP contribution in [0.15, 0.2) is 0 Å². The van der Waals surface area contributed by atoms with Gasteiger partial charge in [0, 0.05) is 23.9 Å². The maximum Gasteiger partial charge on any atom is 4.00 e. The largest absolute Gasteiger partial charge is 4.00 e. The quantitative estimate of drug-likeness (QED) is 0.372. The molecule has 0 rings (SSSR count). The van der Waals surface area contributed by atoms with Crippen molar-refractivity contribution in [3.8, 4) is 0 Å². The summed E-state index contributed by atoms with van der Waals surface area (Å²) in [5, 5.41) is 35.6. The molecule has 0 aliphatic heterocycles. The molecule has 0 aromatic carbocycles.